The normalized spacial score (nSPS) is 24.2. The molecule has 0 unspecified atom stereocenters. The summed E-state index contributed by atoms with van der Waals surface area (Å²) in [7, 11) is -3.44. The highest BCUT2D eigenvalue weighted by Gasteiger charge is 2.21. The Morgan fingerprint density at radius 2 is 2.12 bits per heavy atom. The van der Waals surface area contributed by atoms with Crippen molar-refractivity contribution in [1.82, 2.24) is 0 Å². The number of hydrogen-bond acceptors (Lipinski definition) is 3. The second-order valence-corrected chi connectivity index (χ2v) is 3.31. The van der Waals surface area contributed by atoms with Crippen LogP contribution >= 0.6 is 0 Å². The zero-order valence-corrected chi connectivity index (χ0v) is 4.81. The Morgan fingerprint density at radius 1 is 1.50 bits per heavy atom. The SMILES string of the molecule is O=C1CC=CS1(=O)=O. The van der Waals surface area contributed by atoms with Crippen molar-refractivity contribution in [2.24, 2.45) is 0 Å². The summed E-state index contributed by atoms with van der Waals surface area (Å²) < 4.78 is 20.7. The predicted molar refractivity (Wildman–Crippen MR) is 27.7 cm³/mol. The Labute approximate surface area is 46.9 Å². The van der Waals surface area contributed by atoms with Gasteiger partial charge in [-0.15, -0.1) is 0 Å². The van der Waals surface area contributed by atoms with E-state index in [-0.39, 0.29) is 6.42 Å². The standard InChI is InChI=1S/C4H4O3S/c5-4-2-1-3-8(4,6)7/h1,3H,2H2. The zero-order valence-electron chi connectivity index (χ0n) is 3.99. The molecule has 0 radical (unpaired) electrons. The second-order valence-electron chi connectivity index (χ2n) is 1.49. The summed E-state index contributed by atoms with van der Waals surface area (Å²) in [6, 6.07) is 0. The molecule has 0 atom stereocenters. The minimum Gasteiger partial charge on any atom is -0.281 e. The van der Waals surface area contributed by atoms with E-state index in [0.29, 0.717) is 0 Å². The topological polar surface area (TPSA) is 51.2 Å². The maximum atomic E-state index is 10.3. The first-order valence-corrected chi connectivity index (χ1v) is 3.62. The predicted octanol–water partition coefficient (Wildman–Crippen LogP) is -0.155. The molecule has 1 aliphatic rings. The minimum absolute atomic E-state index is 0.0440. The number of rotatable bonds is 0. The molecule has 1 rings (SSSR count). The highest BCUT2D eigenvalue weighted by molar-refractivity contribution is 8.09. The van der Waals surface area contributed by atoms with E-state index in [4.69, 9.17) is 0 Å². The van der Waals surface area contributed by atoms with Crippen molar-refractivity contribution in [1.29, 1.82) is 0 Å². The molecule has 44 valence electrons. The summed E-state index contributed by atoms with van der Waals surface area (Å²) in [5.41, 5.74) is 0. The van der Waals surface area contributed by atoms with E-state index in [0.717, 1.165) is 5.41 Å². The van der Waals surface area contributed by atoms with Crippen molar-refractivity contribution < 1.29 is 13.2 Å². The van der Waals surface area contributed by atoms with Gasteiger partial charge in [0.2, 0.25) is 9.84 Å². The van der Waals surface area contributed by atoms with Gasteiger partial charge in [0.15, 0.2) is 0 Å². The Kier molecular flexibility index (Phi) is 0.973. The maximum Gasteiger partial charge on any atom is 0.254 e. The number of allylic oxidation sites excluding steroid dienone is 1. The van der Waals surface area contributed by atoms with Crippen LogP contribution in [0.4, 0.5) is 0 Å². The quantitative estimate of drug-likeness (QED) is 0.460. The lowest BCUT2D eigenvalue weighted by Crippen LogP contribution is -2.03. The molecule has 0 aromatic carbocycles. The Bertz CT molecular complexity index is 234. The van der Waals surface area contributed by atoms with Crippen molar-refractivity contribution in [2.45, 2.75) is 6.42 Å². The molecule has 0 saturated carbocycles. The van der Waals surface area contributed by atoms with Crippen LogP contribution < -0.4 is 0 Å². The molecule has 0 N–H and O–H groups in total. The van der Waals surface area contributed by atoms with E-state index >= 15 is 0 Å². The van der Waals surface area contributed by atoms with Crippen molar-refractivity contribution in [3.8, 4) is 0 Å². The van der Waals surface area contributed by atoms with Crippen LogP contribution in [0.25, 0.3) is 0 Å². The van der Waals surface area contributed by atoms with Crippen molar-refractivity contribution in [3.05, 3.63) is 11.5 Å². The molecule has 4 heteroatoms. The van der Waals surface area contributed by atoms with Crippen LogP contribution in [0.3, 0.4) is 0 Å². The summed E-state index contributed by atoms with van der Waals surface area (Å²) in [4.78, 5) is 10.2. The number of carbonyl (C=O) groups excluding carboxylic acids is 1. The molecule has 0 spiro atoms. The summed E-state index contributed by atoms with van der Waals surface area (Å²) >= 11 is 0. The lowest BCUT2D eigenvalue weighted by Gasteiger charge is -1.80. The van der Waals surface area contributed by atoms with Crippen molar-refractivity contribution >= 4 is 15.0 Å². The molecule has 0 aromatic heterocycles. The fourth-order valence-corrected chi connectivity index (χ4v) is 1.29. The van der Waals surface area contributed by atoms with E-state index in [9.17, 15) is 13.2 Å². The van der Waals surface area contributed by atoms with E-state index < -0.39 is 15.0 Å². The molecule has 0 aliphatic carbocycles. The summed E-state index contributed by atoms with van der Waals surface area (Å²) in [6.45, 7) is 0. The van der Waals surface area contributed by atoms with Crippen LogP contribution in [-0.2, 0) is 14.6 Å². The molecule has 0 saturated heterocycles. The van der Waals surface area contributed by atoms with Crippen LogP contribution in [0, 0.1) is 0 Å². The minimum atomic E-state index is -3.44. The molecule has 3 nitrogen and oxygen atoms in total. The first kappa shape index (κ1) is 5.50. The fraction of sp³-hybridized carbons (Fsp3) is 0.250. The smallest absolute Gasteiger partial charge is 0.254 e. The average Bonchev–Trinajstić information content (AvgIpc) is 1.86. The first-order chi connectivity index (χ1) is 3.63. The molecular weight excluding hydrogens is 128 g/mol. The van der Waals surface area contributed by atoms with Gasteiger partial charge >= 0.3 is 0 Å². The van der Waals surface area contributed by atoms with Gasteiger partial charge in [-0.1, -0.05) is 6.08 Å². The Morgan fingerprint density at radius 3 is 2.25 bits per heavy atom. The van der Waals surface area contributed by atoms with Crippen molar-refractivity contribution in [3.63, 3.8) is 0 Å². The number of carbonyl (C=O) groups is 1. The third-order valence-electron chi connectivity index (χ3n) is 0.877. The van der Waals surface area contributed by atoms with Gasteiger partial charge in [-0.3, -0.25) is 4.79 Å². The number of sulfone groups is 1. The molecule has 1 heterocycles. The van der Waals surface area contributed by atoms with Crippen molar-refractivity contribution in [2.75, 3.05) is 0 Å². The van der Waals surface area contributed by atoms with Gasteiger partial charge in [0.25, 0.3) is 5.12 Å². The largest absolute Gasteiger partial charge is 0.281 e. The maximum absolute atomic E-state index is 10.3. The van der Waals surface area contributed by atoms with E-state index in [1.54, 1.807) is 0 Å². The van der Waals surface area contributed by atoms with Gasteiger partial charge in [0, 0.05) is 11.8 Å². The van der Waals surface area contributed by atoms with Gasteiger partial charge in [-0.2, -0.15) is 0 Å². The molecule has 1 aliphatic heterocycles. The molecule has 8 heavy (non-hydrogen) atoms. The third-order valence-corrected chi connectivity index (χ3v) is 2.23. The third kappa shape index (κ3) is 0.667. The van der Waals surface area contributed by atoms with Gasteiger partial charge in [0.1, 0.15) is 0 Å². The molecule has 0 fully saturated rings. The average molecular weight is 132 g/mol. The second kappa shape index (κ2) is 1.42. The zero-order chi connectivity index (χ0) is 6.20. The van der Waals surface area contributed by atoms with E-state index in [1.807, 2.05) is 0 Å². The summed E-state index contributed by atoms with van der Waals surface area (Å²) in [6.07, 6.45) is 1.39. The monoisotopic (exact) mass is 132 g/mol. The van der Waals surface area contributed by atoms with Gasteiger partial charge < -0.3 is 0 Å². The highest BCUT2D eigenvalue weighted by Crippen LogP contribution is 2.07. The van der Waals surface area contributed by atoms with Crippen LogP contribution in [0.1, 0.15) is 6.42 Å². The van der Waals surface area contributed by atoms with Crippen LogP contribution in [0.15, 0.2) is 11.5 Å². The van der Waals surface area contributed by atoms with Crippen LogP contribution in [-0.4, -0.2) is 13.5 Å². The lowest BCUT2D eigenvalue weighted by atomic mass is 10.5. The highest BCUT2D eigenvalue weighted by atomic mass is 32.2. The van der Waals surface area contributed by atoms with Gasteiger partial charge in [-0.25, -0.2) is 8.42 Å². The fourth-order valence-electron chi connectivity index (χ4n) is 0.463. The molecule has 0 bridgehead atoms. The Balaban J connectivity index is 3.19. The van der Waals surface area contributed by atoms with Gasteiger partial charge in [-0.05, 0) is 0 Å². The van der Waals surface area contributed by atoms with Crippen LogP contribution in [0.2, 0.25) is 0 Å². The summed E-state index contributed by atoms with van der Waals surface area (Å²) in [5.74, 6) is 0. The summed E-state index contributed by atoms with van der Waals surface area (Å²) in [5, 5.41) is 0.243. The van der Waals surface area contributed by atoms with Crippen LogP contribution in [0.5, 0.6) is 0 Å². The molecule has 0 aromatic rings. The molecular formula is C4H4O3S. The van der Waals surface area contributed by atoms with E-state index in [1.165, 1.54) is 6.08 Å². The lowest BCUT2D eigenvalue weighted by molar-refractivity contribution is -0.110. The first-order valence-electron chi connectivity index (χ1n) is 2.07. The number of hydrogen-bond donors (Lipinski definition) is 0. The van der Waals surface area contributed by atoms with E-state index in [2.05, 4.69) is 0 Å². The molecule has 0 amide bonds. The Hall–Kier alpha value is -0.640. The van der Waals surface area contributed by atoms with Gasteiger partial charge in [0.05, 0.1) is 0 Å².